The number of nitrogens with zero attached hydrogens (tertiary/aromatic N) is 4. The molecule has 140 valence electrons. The maximum atomic E-state index is 13.5. The van der Waals surface area contributed by atoms with Crippen molar-refractivity contribution in [1.29, 1.82) is 0 Å². The number of ether oxygens (including phenoxy) is 2. The summed E-state index contributed by atoms with van der Waals surface area (Å²) in [5.41, 5.74) is 2.38. The highest BCUT2D eigenvalue weighted by Crippen LogP contribution is 2.50. The zero-order valence-corrected chi connectivity index (χ0v) is 15.5. The molecule has 0 saturated heterocycles. The van der Waals surface area contributed by atoms with Crippen LogP contribution in [0, 0.1) is 6.92 Å². The number of fused-ring (bicyclic) bond motifs is 8. The van der Waals surface area contributed by atoms with Gasteiger partial charge in [-0.3, -0.25) is 14.5 Å². The second-order valence-corrected chi connectivity index (χ2v) is 6.60. The molecule has 0 bridgehead atoms. The highest BCUT2D eigenvalue weighted by Gasteiger charge is 2.46. The van der Waals surface area contributed by atoms with Crippen molar-refractivity contribution in [3.05, 3.63) is 63.6 Å². The van der Waals surface area contributed by atoms with Gasteiger partial charge < -0.3 is 9.47 Å². The number of rotatable bonds is 2. The van der Waals surface area contributed by atoms with E-state index in [-0.39, 0.29) is 17.2 Å². The molecule has 0 N–H and O–H groups in total. The number of aromatic nitrogens is 3. The van der Waals surface area contributed by atoms with E-state index >= 15 is 0 Å². The van der Waals surface area contributed by atoms with Crippen LogP contribution in [-0.2, 0) is 0 Å². The van der Waals surface area contributed by atoms with Crippen molar-refractivity contribution < 1.29 is 14.3 Å². The molecule has 1 aromatic heterocycles. The topological polar surface area (TPSA) is 86.6 Å². The lowest BCUT2D eigenvalue weighted by atomic mass is 10.0. The van der Waals surface area contributed by atoms with Crippen LogP contribution < -0.4 is 19.9 Å². The quantitative estimate of drug-likeness (QED) is 0.681. The Labute approximate surface area is 160 Å². The minimum atomic E-state index is -0.556. The van der Waals surface area contributed by atoms with E-state index in [0.29, 0.717) is 34.1 Å². The van der Waals surface area contributed by atoms with Crippen molar-refractivity contribution in [3.63, 3.8) is 0 Å². The Morgan fingerprint density at radius 3 is 2.57 bits per heavy atom. The fourth-order valence-corrected chi connectivity index (χ4v) is 3.94. The maximum Gasteiger partial charge on any atom is 0.294 e. The first-order valence-corrected chi connectivity index (χ1v) is 8.72. The van der Waals surface area contributed by atoms with E-state index in [1.165, 1.54) is 14.2 Å². The monoisotopic (exact) mass is 376 g/mol. The molecule has 2 aliphatic heterocycles. The molecule has 5 rings (SSSR count). The van der Waals surface area contributed by atoms with E-state index in [9.17, 15) is 9.59 Å². The van der Waals surface area contributed by atoms with Gasteiger partial charge >= 0.3 is 0 Å². The first-order valence-electron chi connectivity index (χ1n) is 8.72. The summed E-state index contributed by atoms with van der Waals surface area (Å²) in [5.74, 6) is 1.07. The van der Waals surface area contributed by atoms with Crippen LogP contribution in [0.4, 0.5) is 5.69 Å². The smallest absolute Gasteiger partial charge is 0.294 e. The maximum absolute atomic E-state index is 13.5. The van der Waals surface area contributed by atoms with Gasteiger partial charge in [0.05, 0.1) is 25.5 Å². The third kappa shape index (κ3) is 1.94. The Morgan fingerprint density at radius 2 is 1.82 bits per heavy atom. The number of carbonyl (C=O) groups is 1. The first kappa shape index (κ1) is 16.5. The molecule has 1 amide bonds. The average molecular weight is 376 g/mol. The number of para-hydroxylation sites is 1. The number of anilines is 1. The van der Waals surface area contributed by atoms with Crippen molar-refractivity contribution in [2.24, 2.45) is 0 Å². The SMILES string of the molecule is COc1ccc2c(c1OC)C(=O)N1c3ccccc3-c3nc(=O)c(C)nn3[C@H]21. The lowest BCUT2D eigenvalue weighted by Crippen LogP contribution is -2.39. The molecule has 0 fully saturated rings. The van der Waals surface area contributed by atoms with Gasteiger partial charge in [0.15, 0.2) is 23.5 Å². The van der Waals surface area contributed by atoms with Crippen molar-refractivity contribution in [2.45, 2.75) is 13.1 Å². The van der Waals surface area contributed by atoms with Crippen LogP contribution >= 0.6 is 0 Å². The molecule has 8 nitrogen and oxygen atoms in total. The van der Waals surface area contributed by atoms with Gasteiger partial charge in [-0.15, -0.1) is 0 Å². The van der Waals surface area contributed by atoms with E-state index in [1.807, 2.05) is 30.3 Å². The number of benzene rings is 2. The molecule has 8 heteroatoms. The van der Waals surface area contributed by atoms with Crippen LogP contribution in [0.3, 0.4) is 0 Å². The summed E-state index contributed by atoms with van der Waals surface area (Å²) >= 11 is 0. The van der Waals surface area contributed by atoms with Crippen molar-refractivity contribution in [1.82, 2.24) is 14.8 Å². The molecule has 0 spiro atoms. The molecule has 28 heavy (non-hydrogen) atoms. The average Bonchev–Trinajstić information content (AvgIpc) is 3.02. The van der Waals surface area contributed by atoms with Gasteiger partial charge in [-0.2, -0.15) is 10.1 Å². The molecule has 2 aliphatic rings. The fraction of sp³-hybridized carbons (Fsp3) is 0.200. The van der Waals surface area contributed by atoms with Crippen LogP contribution in [0.5, 0.6) is 11.5 Å². The molecule has 2 aromatic carbocycles. The van der Waals surface area contributed by atoms with Gasteiger partial charge in [-0.1, -0.05) is 18.2 Å². The van der Waals surface area contributed by atoms with Gasteiger partial charge in [-0.05, 0) is 25.1 Å². The summed E-state index contributed by atoms with van der Waals surface area (Å²) in [5, 5.41) is 4.46. The van der Waals surface area contributed by atoms with Crippen LogP contribution in [0.15, 0.2) is 41.2 Å². The van der Waals surface area contributed by atoms with E-state index < -0.39 is 6.17 Å². The second kappa shape index (κ2) is 5.66. The van der Waals surface area contributed by atoms with Gasteiger partial charge in [0, 0.05) is 11.1 Å². The lowest BCUT2D eigenvalue weighted by molar-refractivity contribution is 0.0983. The molecule has 1 atom stereocenters. The molecule has 0 saturated carbocycles. The molecule has 0 unspecified atom stereocenters. The molecular weight excluding hydrogens is 360 g/mol. The third-order valence-corrected chi connectivity index (χ3v) is 5.16. The zero-order valence-electron chi connectivity index (χ0n) is 15.5. The number of amides is 1. The second-order valence-electron chi connectivity index (χ2n) is 6.60. The number of methoxy groups -OCH3 is 2. The largest absolute Gasteiger partial charge is 0.493 e. The van der Waals surface area contributed by atoms with Gasteiger partial charge in [0.1, 0.15) is 5.69 Å². The number of carbonyl (C=O) groups excluding carboxylic acids is 1. The van der Waals surface area contributed by atoms with Crippen molar-refractivity contribution in [3.8, 4) is 22.9 Å². The minimum Gasteiger partial charge on any atom is -0.493 e. The Morgan fingerprint density at radius 1 is 1.04 bits per heavy atom. The molecule has 3 heterocycles. The summed E-state index contributed by atoms with van der Waals surface area (Å²) in [6, 6.07) is 10.9. The van der Waals surface area contributed by atoms with Crippen molar-refractivity contribution in [2.75, 3.05) is 19.1 Å². The van der Waals surface area contributed by atoms with Crippen LogP contribution in [0.25, 0.3) is 11.4 Å². The van der Waals surface area contributed by atoms with E-state index in [0.717, 1.165) is 5.56 Å². The summed E-state index contributed by atoms with van der Waals surface area (Å²) in [6.07, 6.45) is -0.556. The lowest BCUT2D eigenvalue weighted by Gasteiger charge is -2.34. The fourth-order valence-electron chi connectivity index (χ4n) is 3.94. The molecule has 0 aliphatic carbocycles. The highest BCUT2D eigenvalue weighted by molar-refractivity contribution is 6.15. The van der Waals surface area contributed by atoms with Crippen LogP contribution in [-0.4, -0.2) is 34.9 Å². The number of aryl methyl sites for hydroxylation is 1. The Balaban J connectivity index is 1.88. The van der Waals surface area contributed by atoms with E-state index in [1.54, 1.807) is 22.6 Å². The number of hydrogen-bond acceptors (Lipinski definition) is 6. The van der Waals surface area contributed by atoms with E-state index in [4.69, 9.17) is 9.47 Å². The predicted octanol–water partition coefficient (Wildman–Crippen LogP) is 2.15. The Hall–Kier alpha value is -3.68. The zero-order chi connectivity index (χ0) is 19.6. The van der Waals surface area contributed by atoms with Crippen LogP contribution in [0.2, 0.25) is 0 Å². The minimum absolute atomic E-state index is 0.216. The first-order chi connectivity index (χ1) is 13.6. The Kier molecular flexibility index (Phi) is 3.33. The molecule has 0 radical (unpaired) electrons. The standard InChI is InChI=1S/C20H16N4O4/c1-10-18(25)21-17-11-6-4-5-7-13(11)23-19(24(17)22-10)12-8-9-14(27-2)16(28-3)15(12)20(23)26/h4-9,19H,1-3H3/t19-/m1/s1. The summed E-state index contributed by atoms with van der Waals surface area (Å²) < 4.78 is 12.5. The number of hydrogen-bond donors (Lipinski definition) is 0. The van der Waals surface area contributed by atoms with Crippen LogP contribution in [0.1, 0.15) is 27.8 Å². The molecule has 3 aromatic rings. The normalized spacial score (nSPS) is 16.2. The van der Waals surface area contributed by atoms with Gasteiger partial charge in [0.25, 0.3) is 11.5 Å². The van der Waals surface area contributed by atoms with Gasteiger partial charge in [0.2, 0.25) is 0 Å². The molecular formula is C20H16N4O4. The third-order valence-electron chi connectivity index (χ3n) is 5.16. The van der Waals surface area contributed by atoms with Crippen molar-refractivity contribution >= 4 is 11.6 Å². The summed E-state index contributed by atoms with van der Waals surface area (Å²) in [6.45, 7) is 1.61. The van der Waals surface area contributed by atoms with Gasteiger partial charge in [-0.25, -0.2) is 4.68 Å². The predicted molar refractivity (Wildman–Crippen MR) is 101 cm³/mol. The highest BCUT2D eigenvalue weighted by atomic mass is 16.5. The summed E-state index contributed by atoms with van der Waals surface area (Å²) in [4.78, 5) is 31.6. The Bertz CT molecular complexity index is 1220. The van der Waals surface area contributed by atoms with E-state index in [2.05, 4.69) is 10.1 Å². The summed E-state index contributed by atoms with van der Waals surface area (Å²) in [7, 11) is 3.03.